The number of nitrogens with one attached hydrogen (secondary N) is 3. The number of nitrogens with two attached hydrogens (primary N) is 1. The van der Waals surface area contributed by atoms with Crippen molar-refractivity contribution < 1.29 is 18.0 Å². The summed E-state index contributed by atoms with van der Waals surface area (Å²) in [6.45, 7) is 3.38. The average molecular weight is 306 g/mol. The Balaban J connectivity index is 2.96. The molecule has 7 nitrogen and oxygen atoms in total. The van der Waals surface area contributed by atoms with Gasteiger partial charge in [0, 0.05) is 19.7 Å². The number of hydrogen-bond donors (Lipinski definition) is 4. The van der Waals surface area contributed by atoms with Gasteiger partial charge in [0.05, 0.1) is 5.41 Å². The lowest BCUT2D eigenvalue weighted by Crippen LogP contribution is -2.39. The summed E-state index contributed by atoms with van der Waals surface area (Å²) in [6, 6.07) is 0.751. The van der Waals surface area contributed by atoms with Crippen molar-refractivity contribution in [2.24, 2.45) is 11.3 Å². The van der Waals surface area contributed by atoms with E-state index in [0.717, 1.165) is 6.07 Å². The SMILES string of the molecule is CNC(=O)C(C)(C)CNc1cc(C(F)(F)F)nc(NN)n1. The molecule has 0 saturated carbocycles. The predicted molar refractivity (Wildman–Crippen MR) is 71.2 cm³/mol. The molecule has 0 atom stereocenters. The Morgan fingerprint density at radius 3 is 2.43 bits per heavy atom. The van der Waals surface area contributed by atoms with Crippen LogP contribution in [0.2, 0.25) is 0 Å². The number of rotatable bonds is 5. The minimum Gasteiger partial charge on any atom is -0.369 e. The van der Waals surface area contributed by atoms with Gasteiger partial charge < -0.3 is 10.6 Å². The fraction of sp³-hybridized carbons (Fsp3) is 0.545. The summed E-state index contributed by atoms with van der Waals surface area (Å²) >= 11 is 0. The first-order valence-corrected chi connectivity index (χ1v) is 5.99. The molecule has 1 rings (SSSR count). The van der Waals surface area contributed by atoms with Gasteiger partial charge in [0.2, 0.25) is 11.9 Å². The van der Waals surface area contributed by atoms with Crippen molar-refractivity contribution in [3.63, 3.8) is 0 Å². The highest BCUT2D eigenvalue weighted by atomic mass is 19.4. The van der Waals surface area contributed by atoms with E-state index in [1.165, 1.54) is 7.05 Å². The minimum atomic E-state index is -4.62. The third kappa shape index (κ3) is 4.45. The molecule has 118 valence electrons. The summed E-state index contributed by atoms with van der Waals surface area (Å²) in [5.74, 6) is 4.34. The molecule has 1 amide bonds. The van der Waals surface area contributed by atoms with E-state index in [9.17, 15) is 18.0 Å². The standard InChI is InChI=1S/C11H17F3N6O/c1-10(2,8(21)16-3)5-17-7-4-6(11(12,13)14)18-9(19-7)20-15/h4H,5,15H2,1-3H3,(H,16,21)(H2,17,18,19,20). The zero-order valence-corrected chi connectivity index (χ0v) is 11.8. The molecule has 1 aromatic rings. The third-order valence-electron chi connectivity index (χ3n) is 2.70. The lowest BCUT2D eigenvalue weighted by molar-refractivity contribution is -0.141. The second-order valence-corrected chi connectivity index (χ2v) is 4.92. The Morgan fingerprint density at radius 2 is 1.95 bits per heavy atom. The first-order valence-electron chi connectivity index (χ1n) is 5.99. The Morgan fingerprint density at radius 1 is 1.33 bits per heavy atom. The van der Waals surface area contributed by atoms with Crippen LogP contribution in [0.5, 0.6) is 0 Å². The number of aromatic nitrogens is 2. The number of carbonyl (C=O) groups is 1. The Bertz CT molecular complexity index is 517. The molecule has 10 heteroatoms. The maximum absolute atomic E-state index is 12.7. The topological polar surface area (TPSA) is 105 Å². The normalized spacial score (nSPS) is 12.0. The molecule has 0 spiro atoms. The van der Waals surface area contributed by atoms with Gasteiger partial charge in [0.25, 0.3) is 0 Å². The first-order chi connectivity index (χ1) is 9.60. The minimum absolute atomic E-state index is 0.0812. The molecular weight excluding hydrogens is 289 g/mol. The van der Waals surface area contributed by atoms with Gasteiger partial charge >= 0.3 is 6.18 Å². The fourth-order valence-corrected chi connectivity index (χ4v) is 1.48. The lowest BCUT2D eigenvalue weighted by Gasteiger charge is -2.23. The molecule has 1 aromatic heterocycles. The molecule has 21 heavy (non-hydrogen) atoms. The van der Waals surface area contributed by atoms with E-state index in [0.29, 0.717) is 0 Å². The molecular formula is C11H17F3N6O. The number of hydrogen-bond acceptors (Lipinski definition) is 6. The summed E-state index contributed by atoms with van der Waals surface area (Å²) in [7, 11) is 1.48. The number of nitrogen functional groups attached to an aromatic ring is 1. The van der Waals surface area contributed by atoms with Crippen molar-refractivity contribution in [3.05, 3.63) is 11.8 Å². The molecule has 0 radical (unpaired) electrons. The second-order valence-electron chi connectivity index (χ2n) is 4.92. The van der Waals surface area contributed by atoms with Crippen LogP contribution >= 0.6 is 0 Å². The van der Waals surface area contributed by atoms with Crippen molar-refractivity contribution in [3.8, 4) is 0 Å². The van der Waals surface area contributed by atoms with Gasteiger partial charge in [-0.2, -0.15) is 18.2 Å². The highest BCUT2D eigenvalue weighted by Gasteiger charge is 2.34. The van der Waals surface area contributed by atoms with Gasteiger partial charge in [-0.15, -0.1) is 0 Å². The quantitative estimate of drug-likeness (QED) is 0.477. The van der Waals surface area contributed by atoms with E-state index in [-0.39, 0.29) is 24.2 Å². The van der Waals surface area contributed by atoms with Crippen LogP contribution in [0.25, 0.3) is 0 Å². The third-order valence-corrected chi connectivity index (χ3v) is 2.70. The summed E-state index contributed by atoms with van der Waals surface area (Å²) < 4.78 is 38.1. The van der Waals surface area contributed by atoms with Crippen LogP contribution in [-0.2, 0) is 11.0 Å². The summed E-state index contributed by atoms with van der Waals surface area (Å²) in [6.07, 6.45) is -4.62. The molecule has 0 aromatic carbocycles. The maximum Gasteiger partial charge on any atom is 0.433 e. The van der Waals surface area contributed by atoms with Gasteiger partial charge in [-0.25, -0.2) is 10.8 Å². The zero-order valence-electron chi connectivity index (χ0n) is 11.8. The molecule has 1 heterocycles. The molecule has 0 aliphatic heterocycles. The van der Waals surface area contributed by atoms with E-state index in [4.69, 9.17) is 5.84 Å². The first kappa shape index (κ1) is 17.0. The van der Waals surface area contributed by atoms with Gasteiger partial charge in [-0.05, 0) is 13.8 Å². The van der Waals surface area contributed by atoms with Crippen LogP contribution < -0.4 is 21.9 Å². The molecule has 0 aliphatic carbocycles. The van der Waals surface area contributed by atoms with Crippen LogP contribution in [0, 0.1) is 5.41 Å². The lowest BCUT2D eigenvalue weighted by atomic mass is 9.92. The number of carbonyl (C=O) groups excluding carboxylic acids is 1. The number of amides is 1. The van der Waals surface area contributed by atoms with Crippen LogP contribution in [0.3, 0.4) is 0 Å². The molecule has 0 aliphatic rings. The number of anilines is 2. The zero-order chi connectivity index (χ0) is 16.3. The van der Waals surface area contributed by atoms with Crippen molar-refractivity contribution in [2.45, 2.75) is 20.0 Å². The maximum atomic E-state index is 12.7. The van der Waals surface area contributed by atoms with E-state index in [1.807, 2.05) is 5.43 Å². The largest absolute Gasteiger partial charge is 0.433 e. The fourth-order valence-electron chi connectivity index (χ4n) is 1.48. The van der Waals surface area contributed by atoms with Gasteiger partial charge in [-0.1, -0.05) is 0 Å². The van der Waals surface area contributed by atoms with Crippen molar-refractivity contribution >= 4 is 17.7 Å². The number of alkyl halides is 3. The molecule has 0 unspecified atom stereocenters. The summed E-state index contributed by atoms with van der Waals surface area (Å²) in [5, 5.41) is 5.16. The van der Waals surface area contributed by atoms with E-state index in [2.05, 4.69) is 20.6 Å². The molecule has 0 saturated heterocycles. The highest BCUT2D eigenvalue weighted by molar-refractivity contribution is 5.82. The Labute approximate surface area is 119 Å². The molecule has 0 bridgehead atoms. The summed E-state index contributed by atoms with van der Waals surface area (Å²) in [5.41, 5.74) is 0.0108. The van der Waals surface area contributed by atoms with Crippen molar-refractivity contribution in [1.29, 1.82) is 0 Å². The van der Waals surface area contributed by atoms with Gasteiger partial charge in [0.15, 0.2) is 5.69 Å². The van der Waals surface area contributed by atoms with Crippen molar-refractivity contribution in [2.75, 3.05) is 24.3 Å². The van der Waals surface area contributed by atoms with Gasteiger partial charge in [-0.3, -0.25) is 10.2 Å². The average Bonchev–Trinajstić information content (AvgIpc) is 2.42. The summed E-state index contributed by atoms with van der Waals surface area (Å²) in [4.78, 5) is 18.6. The van der Waals surface area contributed by atoms with Crippen LogP contribution in [0.15, 0.2) is 6.07 Å². The van der Waals surface area contributed by atoms with E-state index >= 15 is 0 Å². The smallest absolute Gasteiger partial charge is 0.369 e. The van der Waals surface area contributed by atoms with Crippen molar-refractivity contribution in [1.82, 2.24) is 15.3 Å². The molecule has 5 N–H and O–H groups in total. The highest BCUT2D eigenvalue weighted by Crippen LogP contribution is 2.29. The van der Waals surface area contributed by atoms with E-state index in [1.54, 1.807) is 13.8 Å². The van der Waals surface area contributed by atoms with Crippen LogP contribution in [-0.4, -0.2) is 29.5 Å². The Hall–Kier alpha value is -2.10. The number of hydrazine groups is 1. The number of nitrogens with zero attached hydrogens (tertiary/aromatic N) is 2. The van der Waals surface area contributed by atoms with Crippen LogP contribution in [0.1, 0.15) is 19.5 Å². The number of halogens is 3. The second kappa shape index (κ2) is 6.12. The molecule has 0 fully saturated rings. The monoisotopic (exact) mass is 306 g/mol. The Kier molecular flexibility index (Phi) is 4.94. The van der Waals surface area contributed by atoms with Gasteiger partial charge in [0.1, 0.15) is 5.82 Å². The predicted octanol–water partition coefficient (Wildman–Crippen LogP) is 0.965. The van der Waals surface area contributed by atoms with Crippen LogP contribution in [0.4, 0.5) is 24.9 Å². The van der Waals surface area contributed by atoms with E-state index < -0.39 is 17.3 Å².